The molecule has 168 valence electrons. The van der Waals surface area contributed by atoms with Crippen molar-refractivity contribution >= 4 is 15.7 Å². The zero-order valence-corrected chi connectivity index (χ0v) is 19.5. The molecule has 2 aliphatic heterocycles. The summed E-state index contributed by atoms with van der Waals surface area (Å²) in [4.78, 5) is 17.4. The molecular formula is C22H36N4O3S. The minimum absolute atomic E-state index is 0.0639. The molecule has 1 aromatic rings. The first-order valence-electron chi connectivity index (χ1n) is 11.5. The monoisotopic (exact) mass is 436 g/mol. The summed E-state index contributed by atoms with van der Waals surface area (Å²) in [5, 5.41) is 4.66. The SMILES string of the molecule is Cc1nn([C@@H]2CCS(=O)(=O)C2)c(C)c1CN(C)CC(=O)N1CCC[C@H]2CCCC[C@@H]21. The Morgan fingerprint density at radius 1 is 1.13 bits per heavy atom. The average Bonchev–Trinajstić information content (AvgIpc) is 3.20. The summed E-state index contributed by atoms with van der Waals surface area (Å²) in [6, 6.07) is 0.384. The predicted octanol–water partition coefficient (Wildman–Crippen LogP) is 2.47. The highest BCUT2D eigenvalue weighted by Crippen LogP contribution is 2.35. The Morgan fingerprint density at radius 2 is 1.87 bits per heavy atom. The maximum atomic E-state index is 13.1. The van der Waals surface area contributed by atoms with Gasteiger partial charge >= 0.3 is 0 Å². The Bertz CT molecular complexity index is 892. The molecule has 7 nitrogen and oxygen atoms in total. The van der Waals surface area contributed by atoms with Crippen molar-refractivity contribution in [2.75, 3.05) is 31.6 Å². The molecule has 3 aliphatic rings. The molecule has 0 spiro atoms. The molecule has 8 heteroatoms. The van der Waals surface area contributed by atoms with Crippen molar-refractivity contribution < 1.29 is 13.2 Å². The van der Waals surface area contributed by atoms with E-state index in [9.17, 15) is 13.2 Å². The number of rotatable bonds is 5. The fourth-order valence-electron chi connectivity index (χ4n) is 5.83. The number of likely N-dealkylation sites (tertiary alicyclic amines) is 1. The first-order valence-corrected chi connectivity index (χ1v) is 13.3. The zero-order chi connectivity index (χ0) is 21.5. The van der Waals surface area contributed by atoms with Gasteiger partial charge in [0.05, 0.1) is 29.8 Å². The van der Waals surface area contributed by atoms with Crippen molar-refractivity contribution in [3.63, 3.8) is 0 Å². The second-order valence-corrected chi connectivity index (χ2v) is 11.9. The molecule has 3 heterocycles. The van der Waals surface area contributed by atoms with Gasteiger partial charge in [0.1, 0.15) is 0 Å². The van der Waals surface area contributed by atoms with Crippen LogP contribution < -0.4 is 0 Å². The number of likely N-dealkylation sites (N-methyl/N-ethyl adjacent to an activating group) is 1. The lowest BCUT2D eigenvalue weighted by Crippen LogP contribution is -2.52. The van der Waals surface area contributed by atoms with Gasteiger partial charge in [0, 0.05) is 30.4 Å². The Kier molecular flexibility index (Phi) is 6.26. The number of carbonyl (C=O) groups excluding carboxylic acids is 1. The summed E-state index contributed by atoms with van der Waals surface area (Å²) < 4.78 is 25.7. The van der Waals surface area contributed by atoms with E-state index in [1.54, 1.807) is 0 Å². The van der Waals surface area contributed by atoms with E-state index in [4.69, 9.17) is 0 Å². The molecule has 1 amide bonds. The minimum Gasteiger partial charge on any atom is -0.338 e. The maximum Gasteiger partial charge on any atom is 0.237 e. The van der Waals surface area contributed by atoms with Crippen molar-refractivity contribution in [1.82, 2.24) is 19.6 Å². The number of carbonyl (C=O) groups is 1. The van der Waals surface area contributed by atoms with Crippen molar-refractivity contribution in [2.24, 2.45) is 5.92 Å². The standard InChI is InChI=1S/C22H36N4O3S/c1-16-20(17(2)26(23-16)19-10-12-30(28,29)15-19)13-24(3)14-22(27)25-11-6-8-18-7-4-5-9-21(18)25/h18-19,21H,4-15H2,1-3H3/t18-,19-,21+/m1/s1. The summed E-state index contributed by atoms with van der Waals surface area (Å²) in [7, 11) is -0.950. The number of sulfone groups is 1. The van der Waals surface area contributed by atoms with Crippen LogP contribution in [0.4, 0.5) is 0 Å². The smallest absolute Gasteiger partial charge is 0.237 e. The molecule has 0 aromatic carbocycles. The summed E-state index contributed by atoms with van der Waals surface area (Å²) in [6.07, 6.45) is 8.04. The summed E-state index contributed by atoms with van der Waals surface area (Å²) in [6.45, 7) is 5.98. The van der Waals surface area contributed by atoms with Crippen molar-refractivity contribution in [3.05, 3.63) is 17.0 Å². The number of aryl methyl sites for hydroxylation is 1. The number of nitrogens with zero attached hydrogens (tertiary/aromatic N) is 4. The Labute approximate surface area is 180 Å². The third kappa shape index (κ3) is 4.44. The van der Waals surface area contributed by atoms with Crippen LogP contribution in [0.2, 0.25) is 0 Å². The second kappa shape index (κ2) is 8.61. The normalized spacial score (nSPS) is 28.7. The number of fused-ring (bicyclic) bond motifs is 1. The van der Waals surface area contributed by atoms with Crippen LogP contribution in [0.15, 0.2) is 0 Å². The molecule has 1 aromatic heterocycles. The fraction of sp³-hybridized carbons (Fsp3) is 0.818. The quantitative estimate of drug-likeness (QED) is 0.709. The predicted molar refractivity (Wildman–Crippen MR) is 117 cm³/mol. The van der Waals surface area contributed by atoms with Crippen LogP contribution in [0.25, 0.3) is 0 Å². The molecule has 3 atom stereocenters. The zero-order valence-electron chi connectivity index (χ0n) is 18.6. The van der Waals surface area contributed by atoms with E-state index >= 15 is 0 Å². The molecule has 0 radical (unpaired) electrons. The van der Waals surface area contributed by atoms with Crippen LogP contribution in [0.5, 0.6) is 0 Å². The Morgan fingerprint density at radius 3 is 2.60 bits per heavy atom. The molecular weight excluding hydrogens is 400 g/mol. The number of hydrogen-bond acceptors (Lipinski definition) is 5. The van der Waals surface area contributed by atoms with Crippen LogP contribution in [-0.2, 0) is 21.2 Å². The second-order valence-electron chi connectivity index (χ2n) is 9.66. The minimum atomic E-state index is -2.95. The lowest BCUT2D eigenvalue weighted by atomic mass is 9.78. The van der Waals surface area contributed by atoms with E-state index in [1.165, 1.54) is 25.7 Å². The van der Waals surface area contributed by atoms with Gasteiger partial charge < -0.3 is 4.90 Å². The van der Waals surface area contributed by atoms with Gasteiger partial charge in [-0.25, -0.2) is 8.42 Å². The first kappa shape index (κ1) is 21.8. The average molecular weight is 437 g/mol. The number of aromatic nitrogens is 2. The van der Waals surface area contributed by atoms with Gasteiger partial charge in [-0.3, -0.25) is 14.4 Å². The van der Waals surface area contributed by atoms with Crippen LogP contribution in [0, 0.1) is 19.8 Å². The fourth-order valence-corrected chi connectivity index (χ4v) is 7.52. The molecule has 4 rings (SSSR count). The van der Waals surface area contributed by atoms with Gasteiger partial charge in [-0.05, 0) is 58.9 Å². The van der Waals surface area contributed by atoms with Gasteiger partial charge in [-0.1, -0.05) is 12.8 Å². The highest BCUT2D eigenvalue weighted by atomic mass is 32.2. The highest BCUT2D eigenvalue weighted by molar-refractivity contribution is 7.91. The number of piperidine rings is 1. The van der Waals surface area contributed by atoms with E-state index in [0.29, 0.717) is 31.5 Å². The number of amides is 1. The largest absolute Gasteiger partial charge is 0.338 e. The Hall–Kier alpha value is -1.41. The summed E-state index contributed by atoms with van der Waals surface area (Å²) in [5.41, 5.74) is 3.07. The van der Waals surface area contributed by atoms with Gasteiger partial charge in [-0.15, -0.1) is 0 Å². The highest BCUT2D eigenvalue weighted by Gasteiger charge is 2.36. The van der Waals surface area contributed by atoms with Gasteiger partial charge in [0.2, 0.25) is 5.91 Å². The van der Waals surface area contributed by atoms with Crippen LogP contribution in [0.3, 0.4) is 0 Å². The number of hydrogen-bond donors (Lipinski definition) is 0. The molecule has 2 saturated heterocycles. The molecule has 3 fully saturated rings. The third-order valence-corrected chi connectivity index (χ3v) is 9.18. The maximum absolute atomic E-state index is 13.1. The van der Waals surface area contributed by atoms with Crippen molar-refractivity contribution in [2.45, 2.75) is 77.4 Å². The van der Waals surface area contributed by atoms with Crippen LogP contribution in [0.1, 0.15) is 67.9 Å². The van der Waals surface area contributed by atoms with Crippen LogP contribution in [-0.4, -0.2) is 71.6 Å². The Balaban J connectivity index is 1.40. The van der Waals surface area contributed by atoms with Gasteiger partial charge in [-0.2, -0.15) is 5.10 Å². The first-order chi connectivity index (χ1) is 14.2. The lowest BCUT2D eigenvalue weighted by molar-refractivity contribution is -0.138. The molecule has 0 bridgehead atoms. The molecule has 30 heavy (non-hydrogen) atoms. The lowest BCUT2D eigenvalue weighted by Gasteiger charge is -2.44. The topological polar surface area (TPSA) is 75.5 Å². The van der Waals surface area contributed by atoms with Crippen LogP contribution >= 0.6 is 0 Å². The van der Waals surface area contributed by atoms with Gasteiger partial charge in [0.15, 0.2) is 9.84 Å². The summed E-state index contributed by atoms with van der Waals surface area (Å²) >= 11 is 0. The molecule has 1 saturated carbocycles. The summed E-state index contributed by atoms with van der Waals surface area (Å²) in [5.74, 6) is 1.38. The van der Waals surface area contributed by atoms with E-state index in [-0.39, 0.29) is 23.5 Å². The van der Waals surface area contributed by atoms with Crippen molar-refractivity contribution in [1.29, 1.82) is 0 Å². The molecule has 0 unspecified atom stereocenters. The van der Waals surface area contributed by atoms with E-state index < -0.39 is 9.84 Å². The third-order valence-electron chi connectivity index (χ3n) is 7.43. The van der Waals surface area contributed by atoms with E-state index in [2.05, 4.69) is 14.9 Å². The van der Waals surface area contributed by atoms with E-state index in [1.807, 2.05) is 25.6 Å². The van der Waals surface area contributed by atoms with E-state index in [0.717, 1.165) is 36.3 Å². The van der Waals surface area contributed by atoms with Gasteiger partial charge in [0.25, 0.3) is 0 Å². The van der Waals surface area contributed by atoms with Crippen molar-refractivity contribution in [3.8, 4) is 0 Å². The molecule has 1 aliphatic carbocycles. The molecule has 0 N–H and O–H groups in total.